The summed E-state index contributed by atoms with van der Waals surface area (Å²) in [6, 6.07) is 0. The van der Waals surface area contributed by atoms with Crippen LogP contribution >= 0.6 is 0 Å². The van der Waals surface area contributed by atoms with E-state index in [1.807, 2.05) is 12.4 Å². The molecule has 0 bridgehead atoms. The molecule has 1 saturated carbocycles. The summed E-state index contributed by atoms with van der Waals surface area (Å²) in [6.07, 6.45) is 8.12. The molecule has 0 aromatic carbocycles. The number of rotatable bonds is 5. The van der Waals surface area contributed by atoms with E-state index in [0.717, 1.165) is 36.4 Å². The normalized spacial score (nSPS) is 25.4. The fraction of sp³-hybridized carbons (Fsp3) is 0.750. The second-order valence-electron chi connectivity index (χ2n) is 6.75. The van der Waals surface area contributed by atoms with Crippen LogP contribution in [0.2, 0.25) is 0 Å². The largest absolute Gasteiger partial charge is 0.355 e. The van der Waals surface area contributed by atoms with Gasteiger partial charge >= 0.3 is 0 Å². The summed E-state index contributed by atoms with van der Waals surface area (Å²) >= 11 is 0. The summed E-state index contributed by atoms with van der Waals surface area (Å²) in [4.78, 5) is 11.6. The predicted octanol–water partition coefficient (Wildman–Crippen LogP) is 2.46. The molecular weight excluding hydrogens is 248 g/mol. The predicted molar refractivity (Wildman–Crippen MR) is 81.6 cm³/mol. The average Bonchev–Trinajstić information content (AvgIpc) is 3.00. The van der Waals surface area contributed by atoms with Gasteiger partial charge in [-0.15, -0.1) is 0 Å². The smallest absolute Gasteiger partial charge is 0.147 e. The number of aromatic nitrogens is 2. The van der Waals surface area contributed by atoms with E-state index in [9.17, 15) is 0 Å². The summed E-state index contributed by atoms with van der Waals surface area (Å²) in [5.74, 6) is 3.55. The number of fused-ring (bicyclic) bond motifs is 1. The van der Waals surface area contributed by atoms with Gasteiger partial charge in [-0.25, -0.2) is 4.98 Å². The summed E-state index contributed by atoms with van der Waals surface area (Å²) < 4.78 is 0. The summed E-state index contributed by atoms with van der Waals surface area (Å²) in [5, 5.41) is 3.41. The monoisotopic (exact) mass is 274 g/mol. The maximum atomic E-state index is 4.61. The van der Waals surface area contributed by atoms with Gasteiger partial charge in [0.1, 0.15) is 5.82 Å². The van der Waals surface area contributed by atoms with E-state index in [1.165, 1.54) is 32.4 Å². The first-order valence-electron chi connectivity index (χ1n) is 7.99. The van der Waals surface area contributed by atoms with E-state index >= 15 is 0 Å². The molecule has 2 heterocycles. The molecule has 4 heteroatoms. The first kappa shape index (κ1) is 13.8. The number of hydrogen-bond acceptors (Lipinski definition) is 4. The molecule has 1 aliphatic heterocycles. The van der Waals surface area contributed by atoms with Crippen molar-refractivity contribution in [2.45, 2.75) is 39.7 Å². The quantitative estimate of drug-likeness (QED) is 0.895. The van der Waals surface area contributed by atoms with E-state index in [4.69, 9.17) is 0 Å². The Labute approximate surface area is 122 Å². The number of anilines is 1. The minimum Gasteiger partial charge on any atom is -0.355 e. The van der Waals surface area contributed by atoms with Crippen molar-refractivity contribution in [1.82, 2.24) is 15.3 Å². The molecule has 1 aliphatic carbocycles. The maximum absolute atomic E-state index is 4.61. The van der Waals surface area contributed by atoms with E-state index in [0.29, 0.717) is 5.92 Å². The molecule has 3 rings (SSSR count). The van der Waals surface area contributed by atoms with Gasteiger partial charge in [-0.2, -0.15) is 0 Å². The zero-order valence-corrected chi connectivity index (χ0v) is 12.7. The molecule has 0 spiro atoms. The second kappa shape index (κ2) is 6.08. The lowest BCUT2D eigenvalue weighted by Crippen LogP contribution is -2.23. The van der Waals surface area contributed by atoms with Crippen molar-refractivity contribution in [3.05, 3.63) is 18.1 Å². The molecule has 2 fully saturated rings. The molecule has 2 atom stereocenters. The molecule has 1 N–H and O–H groups in total. The Morgan fingerprint density at radius 2 is 1.95 bits per heavy atom. The topological polar surface area (TPSA) is 41.1 Å². The van der Waals surface area contributed by atoms with Crippen molar-refractivity contribution in [3.63, 3.8) is 0 Å². The Kier molecular flexibility index (Phi) is 4.20. The molecule has 1 saturated heterocycles. The second-order valence-corrected chi connectivity index (χ2v) is 6.75. The SMILES string of the molecule is CC(C)CNCc1cnc(N2CC3CCCC3C2)cn1. The Hall–Kier alpha value is -1.16. The third kappa shape index (κ3) is 3.11. The van der Waals surface area contributed by atoms with Crippen LogP contribution < -0.4 is 10.2 Å². The Bertz CT molecular complexity index is 417. The Morgan fingerprint density at radius 3 is 2.55 bits per heavy atom. The van der Waals surface area contributed by atoms with Crippen molar-refractivity contribution in [2.75, 3.05) is 24.5 Å². The minimum absolute atomic E-state index is 0.672. The standard InChI is InChI=1S/C16H26N4/c1-12(2)6-17-7-15-8-19-16(9-18-15)20-10-13-4-3-5-14(13)11-20/h8-9,12-14,17H,3-7,10-11H2,1-2H3. The molecule has 2 aliphatic rings. The molecule has 20 heavy (non-hydrogen) atoms. The van der Waals surface area contributed by atoms with E-state index in [2.05, 4.69) is 34.0 Å². The van der Waals surface area contributed by atoms with Crippen LogP contribution in [0.1, 0.15) is 38.8 Å². The fourth-order valence-corrected chi connectivity index (χ4v) is 3.51. The number of nitrogens with one attached hydrogen (secondary N) is 1. The fourth-order valence-electron chi connectivity index (χ4n) is 3.51. The maximum Gasteiger partial charge on any atom is 0.147 e. The molecule has 110 valence electrons. The zero-order chi connectivity index (χ0) is 13.9. The van der Waals surface area contributed by atoms with Gasteiger partial charge in [-0.05, 0) is 37.1 Å². The van der Waals surface area contributed by atoms with Gasteiger partial charge in [0.2, 0.25) is 0 Å². The van der Waals surface area contributed by atoms with E-state index in [1.54, 1.807) is 0 Å². The molecule has 0 amide bonds. The molecule has 1 aromatic heterocycles. The number of nitrogens with zero attached hydrogens (tertiary/aromatic N) is 3. The van der Waals surface area contributed by atoms with Crippen LogP contribution in [0, 0.1) is 17.8 Å². The molecule has 2 unspecified atom stereocenters. The van der Waals surface area contributed by atoms with Gasteiger partial charge in [0.15, 0.2) is 0 Å². The highest BCUT2D eigenvalue weighted by molar-refractivity contribution is 5.38. The first-order valence-corrected chi connectivity index (χ1v) is 7.99. The summed E-state index contributed by atoms with van der Waals surface area (Å²) in [7, 11) is 0. The average molecular weight is 274 g/mol. The zero-order valence-electron chi connectivity index (χ0n) is 12.7. The van der Waals surface area contributed by atoms with Gasteiger partial charge in [0.25, 0.3) is 0 Å². The Balaban J connectivity index is 1.54. The van der Waals surface area contributed by atoms with Crippen molar-refractivity contribution in [2.24, 2.45) is 17.8 Å². The third-order valence-electron chi connectivity index (χ3n) is 4.60. The summed E-state index contributed by atoms with van der Waals surface area (Å²) in [6.45, 7) is 8.64. The van der Waals surface area contributed by atoms with Crippen LogP contribution in [0.4, 0.5) is 5.82 Å². The van der Waals surface area contributed by atoms with Crippen molar-refractivity contribution in [3.8, 4) is 0 Å². The highest BCUT2D eigenvalue weighted by Crippen LogP contribution is 2.38. The van der Waals surface area contributed by atoms with Gasteiger partial charge < -0.3 is 10.2 Å². The van der Waals surface area contributed by atoms with Crippen LogP contribution in [-0.4, -0.2) is 29.6 Å². The van der Waals surface area contributed by atoms with Crippen LogP contribution in [0.15, 0.2) is 12.4 Å². The molecule has 4 nitrogen and oxygen atoms in total. The highest BCUT2D eigenvalue weighted by atomic mass is 15.2. The lowest BCUT2D eigenvalue weighted by atomic mass is 10.0. The number of hydrogen-bond donors (Lipinski definition) is 1. The van der Waals surface area contributed by atoms with Crippen LogP contribution in [0.3, 0.4) is 0 Å². The van der Waals surface area contributed by atoms with Gasteiger partial charge in [-0.3, -0.25) is 4.98 Å². The van der Waals surface area contributed by atoms with Crippen molar-refractivity contribution in [1.29, 1.82) is 0 Å². The molecule has 0 radical (unpaired) electrons. The van der Waals surface area contributed by atoms with Gasteiger partial charge in [0.05, 0.1) is 18.1 Å². The highest BCUT2D eigenvalue weighted by Gasteiger charge is 2.36. The first-order chi connectivity index (χ1) is 9.72. The Morgan fingerprint density at radius 1 is 1.20 bits per heavy atom. The van der Waals surface area contributed by atoms with E-state index < -0.39 is 0 Å². The van der Waals surface area contributed by atoms with Crippen molar-refractivity contribution >= 4 is 5.82 Å². The van der Waals surface area contributed by atoms with Crippen LogP contribution in [0.25, 0.3) is 0 Å². The van der Waals surface area contributed by atoms with Crippen molar-refractivity contribution < 1.29 is 0 Å². The van der Waals surface area contributed by atoms with Crippen LogP contribution in [0.5, 0.6) is 0 Å². The molecular formula is C16H26N4. The molecule has 1 aromatic rings. The lowest BCUT2D eigenvalue weighted by molar-refractivity contribution is 0.494. The van der Waals surface area contributed by atoms with Crippen LogP contribution in [-0.2, 0) is 6.54 Å². The lowest BCUT2D eigenvalue weighted by Gasteiger charge is -2.18. The van der Waals surface area contributed by atoms with E-state index in [-0.39, 0.29) is 0 Å². The van der Waals surface area contributed by atoms with Gasteiger partial charge in [0, 0.05) is 19.6 Å². The van der Waals surface area contributed by atoms with Gasteiger partial charge in [-0.1, -0.05) is 20.3 Å². The summed E-state index contributed by atoms with van der Waals surface area (Å²) in [5.41, 5.74) is 1.04. The minimum atomic E-state index is 0.672. The third-order valence-corrected chi connectivity index (χ3v) is 4.60.